The second-order valence-corrected chi connectivity index (χ2v) is 7.17. The van der Waals surface area contributed by atoms with E-state index >= 15 is 0 Å². The minimum atomic E-state index is -4.70. The Labute approximate surface area is 173 Å². The molecule has 0 bridgehead atoms. The Balaban J connectivity index is 2.28. The number of nitrogens with zero attached hydrogens (tertiary/aromatic N) is 1. The first-order valence-corrected chi connectivity index (χ1v) is 9.36. The largest absolute Gasteiger partial charge is 0.481 e. The number of rotatable bonds is 6. The third-order valence-corrected chi connectivity index (χ3v) is 4.94. The first-order valence-electron chi connectivity index (χ1n) is 8.98. The fraction of sp³-hybridized carbons (Fsp3) is 0.300. The molecule has 160 valence electrons. The number of carboxylic acid groups (broad SMARTS) is 1. The average Bonchev–Trinajstić information content (AvgIpc) is 3.04. The molecule has 0 amide bonds. The van der Waals surface area contributed by atoms with E-state index in [-0.39, 0.29) is 17.4 Å². The van der Waals surface area contributed by atoms with Crippen molar-refractivity contribution < 1.29 is 27.8 Å². The Morgan fingerprint density at radius 2 is 2.03 bits per heavy atom. The highest BCUT2D eigenvalue weighted by atomic mass is 35.5. The fourth-order valence-corrected chi connectivity index (χ4v) is 3.68. The molecule has 0 saturated heterocycles. The van der Waals surface area contributed by atoms with Crippen LogP contribution in [-0.2, 0) is 13.0 Å². The number of halogens is 4. The van der Waals surface area contributed by atoms with Crippen molar-refractivity contribution in [2.24, 2.45) is 0 Å². The molecule has 2 heterocycles. The molecular formula is C20H18ClF3N2O4. The van der Waals surface area contributed by atoms with Crippen LogP contribution in [0, 0.1) is 6.92 Å². The smallest absolute Gasteiger partial charge is 0.422 e. The lowest BCUT2D eigenvalue weighted by Gasteiger charge is -2.16. The van der Waals surface area contributed by atoms with Gasteiger partial charge in [-0.1, -0.05) is 30.7 Å². The molecule has 3 aromatic rings. The SMILES string of the molecule is CCc1c(C)c2[nH]c(C(=O)O)c(OCC(F)(F)F)c2c(=O)n1Cc1cccc(Cl)c1. The van der Waals surface area contributed by atoms with Crippen molar-refractivity contribution in [2.75, 3.05) is 6.61 Å². The molecule has 0 aliphatic heterocycles. The van der Waals surface area contributed by atoms with Gasteiger partial charge in [-0.05, 0) is 36.6 Å². The Kier molecular flexibility index (Phi) is 5.85. The number of aryl methyl sites for hydroxylation is 1. The van der Waals surface area contributed by atoms with E-state index in [1.807, 2.05) is 6.92 Å². The van der Waals surface area contributed by atoms with Crippen LogP contribution in [-0.4, -0.2) is 33.4 Å². The van der Waals surface area contributed by atoms with Gasteiger partial charge in [0, 0.05) is 10.7 Å². The second-order valence-electron chi connectivity index (χ2n) is 6.73. The summed E-state index contributed by atoms with van der Waals surface area (Å²) < 4.78 is 44.3. The van der Waals surface area contributed by atoms with Gasteiger partial charge >= 0.3 is 12.1 Å². The van der Waals surface area contributed by atoms with Gasteiger partial charge in [-0.15, -0.1) is 0 Å². The summed E-state index contributed by atoms with van der Waals surface area (Å²) in [5, 5.41) is 9.67. The Morgan fingerprint density at radius 1 is 1.33 bits per heavy atom. The maximum atomic E-state index is 13.3. The summed E-state index contributed by atoms with van der Waals surface area (Å²) in [7, 11) is 0. The van der Waals surface area contributed by atoms with E-state index in [1.54, 1.807) is 31.2 Å². The summed E-state index contributed by atoms with van der Waals surface area (Å²) >= 11 is 6.01. The summed E-state index contributed by atoms with van der Waals surface area (Å²) in [6.45, 7) is 1.89. The van der Waals surface area contributed by atoms with Crippen LogP contribution in [0.5, 0.6) is 5.75 Å². The Bertz CT molecular complexity index is 1180. The second kappa shape index (κ2) is 8.06. The van der Waals surface area contributed by atoms with Gasteiger partial charge in [-0.3, -0.25) is 4.79 Å². The highest BCUT2D eigenvalue weighted by Crippen LogP contribution is 2.32. The van der Waals surface area contributed by atoms with Crippen molar-refractivity contribution in [1.82, 2.24) is 9.55 Å². The van der Waals surface area contributed by atoms with E-state index in [0.29, 0.717) is 28.3 Å². The molecule has 6 nitrogen and oxygen atoms in total. The summed E-state index contributed by atoms with van der Waals surface area (Å²) in [6.07, 6.45) is -4.25. The third kappa shape index (κ3) is 4.16. The number of aromatic nitrogens is 2. The van der Waals surface area contributed by atoms with Gasteiger partial charge in [0.2, 0.25) is 0 Å². The summed E-state index contributed by atoms with van der Waals surface area (Å²) in [4.78, 5) is 27.4. The molecule has 30 heavy (non-hydrogen) atoms. The molecule has 0 aliphatic rings. The van der Waals surface area contributed by atoms with Crippen LogP contribution < -0.4 is 10.3 Å². The third-order valence-electron chi connectivity index (χ3n) is 4.71. The maximum absolute atomic E-state index is 13.3. The van der Waals surface area contributed by atoms with E-state index in [9.17, 15) is 27.9 Å². The van der Waals surface area contributed by atoms with Crippen LogP contribution in [0.2, 0.25) is 5.02 Å². The number of pyridine rings is 1. The van der Waals surface area contributed by atoms with Gasteiger partial charge in [0.05, 0.1) is 12.1 Å². The monoisotopic (exact) mass is 442 g/mol. The van der Waals surface area contributed by atoms with E-state index in [0.717, 1.165) is 0 Å². The number of carboxylic acids is 1. The van der Waals surface area contributed by atoms with Crippen molar-refractivity contribution in [1.29, 1.82) is 0 Å². The highest BCUT2D eigenvalue weighted by Gasteiger charge is 2.32. The number of H-pyrrole nitrogens is 1. The fourth-order valence-electron chi connectivity index (χ4n) is 3.46. The lowest BCUT2D eigenvalue weighted by Crippen LogP contribution is -2.26. The quantitative estimate of drug-likeness (QED) is 0.587. The van der Waals surface area contributed by atoms with Crippen molar-refractivity contribution >= 4 is 28.5 Å². The Morgan fingerprint density at radius 3 is 2.60 bits per heavy atom. The standard InChI is InChI=1S/C20H18ClF3N2O4/c1-3-13-10(2)15-14(17(16(25-15)19(28)29)30-9-20(22,23)24)18(27)26(13)8-11-5-4-6-12(21)7-11/h4-7,25H,3,8-9H2,1-2H3,(H,28,29). The molecule has 3 rings (SSSR count). The molecule has 0 atom stereocenters. The predicted octanol–water partition coefficient (Wildman–Crippen LogP) is 4.54. The lowest BCUT2D eigenvalue weighted by atomic mass is 10.1. The van der Waals surface area contributed by atoms with Crippen LogP contribution in [0.25, 0.3) is 10.9 Å². The van der Waals surface area contributed by atoms with Crippen LogP contribution in [0.4, 0.5) is 13.2 Å². The number of alkyl halides is 3. The van der Waals surface area contributed by atoms with Gasteiger partial charge < -0.3 is 19.4 Å². The van der Waals surface area contributed by atoms with Gasteiger partial charge in [0.15, 0.2) is 18.1 Å². The number of aromatic amines is 1. The molecule has 0 aliphatic carbocycles. The van der Waals surface area contributed by atoms with E-state index in [2.05, 4.69) is 4.98 Å². The molecule has 10 heteroatoms. The van der Waals surface area contributed by atoms with Crippen LogP contribution >= 0.6 is 11.6 Å². The zero-order valence-electron chi connectivity index (χ0n) is 16.1. The molecule has 0 spiro atoms. The molecule has 0 saturated carbocycles. The molecular weight excluding hydrogens is 425 g/mol. The first-order chi connectivity index (χ1) is 14.0. The zero-order chi connectivity index (χ0) is 22.2. The number of nitrogens with one attached hydrogen (secondary N) is 1. The number of hydrogen-bond donors (Lipinski definition) is 2. The molecule has 2 aromatic heterocycles. The number of carbonyl (C=O) groups is 1. The average molecular weight is 443 g/mol. The van der Waals surface area contributed by atoms with Gasteiger partial charge in [0.1, 0.15) is 5.39 Å². The van der Waals surface area contributed by atoms with Crippen LogP contribution in [0.3, 0.4) is 0 Å². The maximum Gasteiger partial charge on any atom is 0.422 e. The van der Waals surface area contributed by atoms with Gasteiger partial charge in [0.25, 0.3) is 5.56 Å². The van der Waals surface area contributed by atoms with E-state index < -0.39 is 35.8 Å². The van der Waals surface area contributed by atoms with Gasteiger partial charge in [-0.25, -0.2) is 4.79 Å². The van der Waals surface area contributed by atoms with Crippen LogP contribution in [0.15, 0.2) is 29.1 Å². The van der Waals surface area contributed by atoms with Crippen molar-refractivity contribution in [3.8, 4) is 5.75 Å². The highest BCUT2D eigenvalue weighted by molar-refractivity contribution is 6.30. The number of fused-ring (bicyclic) bond motifs is 1. The minimum absolute atomic E-state index is 0.117. The number of benzene rings is 1. The number of aromatic carboxylic acids is 1. The topological polar surface area (TPSA) is 84.3 Å². The summed E-state index contributed by atoms with van der Waals surface area (Å²) in [6, 6.07) is 6.83. The minimum Gasteiger partial charge on any atom is -0.481 e. The molecule has 0 fully saturated rings. The summed E-state index contributed by atoms with van der Waals surface area (Å²) in [5.74, 6) is -2.15. The van der Waals surface area contributed by atoms with Gasteiger partial charge in [-0.2, -0.15) is 13.2 Å². The number of hydrogen-bond acceptors (Lipinski definition) is 3. The zero-order valence-corrected chi connectivity index (χ0v) is 16.8. The van der Waals surface area contributed by atoms with Crippen molar-refractivity contribution in [3.63, 3.8) is 0 Å². The van der Waals surface area contributed by atoms with E-state index in [1.165, 1.54) is 4.57 Å². The molecule has 0 unspecified atom stereocenters. The van der Waals surface area contributed by atoms with Crippen molar-refractivity contribution in [3.05, 3.63) is 62.2 Å². The van der Waals surface area contributed by atoms with Crippen molar-refractivity contribution in [2.45, 2.75) is 33.0 Å². The lowest BCUT2D eigenvalue weighted by molar-refractivity contribution is -0.153. The first kappa shape index (κ1) is 21.8. The van der Waals surface area contributed by atoms with Crippen LogP contribution in [0.1, 0.15) is 34.2 Å². The predicted molar refractivity (Wildman–Crippen MR) is 106 cm³/mol. The summed E-state index contributed by atoms with van der Waals surface area (Å²) in [5.41, 5.74) is 0.787. The molecule has 1 aromatic carbocycles. The molecule has 2 N–H and O–H groups in total. The normalized spacial score (nSPS) is 11.8. The molecule has 0 radical (unpaired) electrons. The number of ether oxygens (including phenoxy) is 1. The Hall–Kier alpha value is -2.94. The van der Waals surface area contributed by atoms with E-state index in [4.69, 9.17) is 16.3 Å².